The van der Waals surface area contributed by atoms with Crippen molar-refractivity contribution in [2.24, 2.45) is 5.41 Å². The van der Waals surface area contributed by atoms with Crippen LogP contribution in [0.1, 0.15) is 39.0 Å². The van der Waals surface area contributed by atoms with Gasteiger partial charge in [-0.2, -0.15) is 0 Å². The van der Waals surface area contributed by atoms with E-state index in [1.54, 1.807) is 6.92 Å². The van der Waals surface area contributed by atoms with Crippen molar-refractivity contribution in [2.45, 2.75) is 45.1 Å². The number of nitrogens with one attached hydrogen (secondary N) is 1. The van der Waals surface area contributed by atoms with Gasteiger partial charge in [0.25, 0.3) is 0 Å². The van der Waals surface area contributed by atoms with Crippen molar-refractivity contribution in [2.75, 3.05) is 0 Å². The molecule has 0 heterocycles. The second kappa shape index (κ2) is 5.02. The Kier molecular flexibility index (Phi) is 3.94. The van der Waals surface area contributed by atoms with Crippen LogP contribution in [0.2, 0.25) is 0 Å². The predicted octanol–water partition coefficient (Wildman–Crippen LogP) is 1.16. The first-order chi connectivity index (χ1) is 7.50. The van der Waals surface area contributed by atoms with Gasteiger partial charge in [-0.15, -0.1) is 6.42 Å². The second-order valence-corrected chi connectivity index (χ2v) is 4.47. The SMILES string of the molecule is C#CCC(=O)NC1CCCCC1(C)C(=O)O. The van der Waals surface area contributed by atoms with Crippen molar-refractivity contribution in [3.05, 3.63) is 0 Å². The summed E-state index contributed by atoms with van der Waals surface area (Å²) in [5.74, 6) is 1.14. The maximum atomic E-state index is 11.4. The van der Waals surface area contributed by atoms with E-state index >= 15 is 0 Å². The van der Waals surface area contributed by atoms with Crippen LogP contribution in [-0.2, 0) is 9.59 Å². The van der Waals surface area contributed by atoms with Crippen molar-refractivity contribution < 1.29 is 14.7 Å². The highest BCUT2D eigenvalue weighted by atomic mass is 16.4. The Morgan fingerprint density at radius 2 is 2.25 bits per heavy atom. The zero-order valence-electron chi connectivity index (χ0n) is 9.45. The Labute approximate surface area is 95.4 Å². The minimum Gasteiger partial charge on any atom is -0.481 e. The molecule has 1 aliphatic rings. The van der Waals surface area contributed by atoms with E-state index < -0.39 is 11.4 Å². The summed E-state index contributed by atoms with van der Waals surface area (Å²) in [5, 5.41) is 11.9. The van der Waals surface area contributed by atoms with Crippen molar-refractivity contribution in [3.8, 4) is 12.3 Å². The molecule has 4 nitrogen and oxygen atoms in total. The lowest BCUT2D eigenvalue weighted by molar-refractivity contribution is -0.152. The summed E-state index contributed by atoms with van der Waals surface area (Å²) in [6.07, 6.45) is 8.19. The van der Waals surface area contributed by atoms with E-state index in [4.69, 9.17) is 6.42 Å². The van der Waals surface area contributed by atoms with Gasteiger partial charge in [-0.1, -0.05) is 18.8 Å². The Bertz CT molecular complexity index is 332. The third-order valence-electron chi connectivity index (χ3n) is 3.29. The summed E-state index contributed by atoms with van der Waals surface area (Å²) >= 11 is 0. The molecular formula is C12H17NO3. The molecule has 0 aromatic heterocycles. The standard InChI is InChI=1S/C12H17NO3/c1-3-6-10(14)13-9-7-4-5-8-12(9,2)11(15)16/h1,9H,4-8H2,2H3,(H,13,14)(H,15,16). The molecule has 1 aliphatic carbocycles. The first-order valence-corrected chi connectivity index (χ1v) is 5.47. The highest BCUT2D eigenvalue weighted by Crippen LogP contribution is 2.36. The van der Waals surface area contributed by atoms with Crippen molar-refractivity contribution in [1.29, 1.82) is 0 Å². The summed E-state index contributed by atoms with van der Waals surface area (Å²) in [6.45, 7) is 1.69. The molecule has 0 saturated heterocycles. The Hall–Kier alpha value is -1.50. The monoisotopic (exact) mass is 223 g/mol. The molecule has 2 atom stereocenters. The third-order valence-corrected chi connectivity index (χ3v) is 3.29. The van der Waals surface area contributed by atoms with Crippen LogP contribution in [0.4, 0.5) is 0 Å². The maximum absolute atomic E-state index is 11.4. The molecule has 0 radical (unpaired) electrons. The van der Waals surface area contributed by atoms with Gasteiger partial charge < -0.3 is 10.4 Å². The van der Waals surface area contributed by atoms with Gasteiger partial charge in [0.2, 0.25) is 5.91 Å². The second-order valence-electron chi connectivity index (χ2n) is 4.47. The van der Waals surface area contributed by atoms with E-state index in [2.05, 4.69) is 11.2 Å². The molecular weight excluding hydrogens is 206 g/mol. The number of aliphatic carboxylic acids is 1. The highest BCUT2D eigenvalue weighted by molar-refractivity contribution is 5.81. The van der Waals surface area contributed by atoms with E-state index in [1.807, 2.05) is 0 Å². The summed E-state index contributed by atoms with van der Waals surface area (Å²) < 4.78 is 0. The van der Waals surface area contributed by atoms with Crippen LogP contribution in [0, 0.1) is 17.8 Å². The van der Waals surface area contributed by atoms with Crippen molar-refractivity contribution >= 4 is 11.9 Å². The maximum Gasteiger partial charge on any atom is 0.311 e. The molecule has 1 amide bonds. The lowest BCUT2D eigenvalue weighted by Gasteiger charge is -2.38. The van der Waals surface area contributed by atoms with Crippen LogP contribution >= 0.6 is 0 Å². The highest BCUT2D eigenvalue weighted by Gasteiger charge is 2.43. The number of carboxylic acids is 1. The van der Waals surface area contributed by atoms with E-state index in [0.717, 1.165) is 12.8 Å². The smallest absolute Gasteiger partial charge is 0.311 e. The van der Waals surface area contributed by atoms with Crippen LogP contribution in [0.25, 0.3) is 0 Å². The quantitative estimate of drug-likeness (QED) is 0.705. The van der Waals surface area contributed by atoms with Gasteiger partial charge in [-0.25, -0.2) is 0 Å². The molecule has 1 saturated carbocycles. The molecule has 0 aromatic rings. The summed E-state index contributed by atoms with van der Waals surface area (Å²) in [4.78, 5) is 22.6. The topological polar surface area (TPSA) is 66.4 Å². The van der Waals surface area contributed by atoms with E-state index in [9.17, 15) is 14.7 Å². The average Bonchev–Trinajstić information content (AvgIpc) is 2.21. The van der Waals surface area contributed by atoms with Crippen LogP contribution in [0.3, 0.4) is 0 Å². The molecule has 1 rings (SSSR count). The molecule has 0 spiro atoms. The lowest BCUT2D eigenvalue weighted by atomic mass is 9.71. The molecule has 0 aliphatic heterocycles. The van der Waals surface area contributed by atoms with Crippen molar-refractivity contribution in [1.82, 2.24) is 5.32 Å². The fourth-order valence-electron chi connectivity index (χ4n) is 2.16. The zero-order chi connectivity index (χ0) is 12.2. The van der Waals surface area contributed by atoms with Gasteiger partial charge in [-0.3, -0.25) is 9.59 Å². The number of hydrogen-bond acceptors (Lipinski definition) is 2. The molecule has 0 bridgehead atoms. The number of rotatable bonds is 3. The van der Waals surface area contributed by atoms with Gasteiger partial charge in [-0.05, 0) is 19.8 Å². The minimum absolute atomic E-state index is 0.00615. The minimum atomic E-state index is -0.859. The van der Waals surface area contributed by atoms with Gasteiger partial charge in [0.1, 0.15) is 0 Å². The fourth-order valence-corrected chi connectivity index (χ4v) is 2.16. The molecule has 4 heteroatoms. The molecule has 2 N–H and O–H groups in total. The molecule has 16 heavy (non-hydrogen) atoms. The van der Waals surface area contributed by atoms with Gasteiger partial charge in [0.05, 0.1) is 11.8 Å². The number of amides is 1. The van der Waals surface area contributed by atoms with E-state index in [-0.39, 0.29) is 18.4 Å². The van der Waals surface area contributed by atoms with E-state index in [0.29, 0.717) is 12.8 Å². The van der Waals surface area contributed by atoms with Crippen LogP contribution in [0.15, 0.2) is 0 Å². The van der Waals surface area contributed by atoms with Crippen molar-refractivity contribution in [3.63, 3.8) is 0 Å². The molecule has 1 fully saturated rings. The Balaban J connectivity index is 2.72. The predicted molar refractivity (Wildman–Crippen MR) is 59.6 cm³/mol. The molecule has 2 unspecified atom stereocenters. The largest absolute Gasteiger partial charge is 0.481 e. The van der Waals surface area contributed by atoms with Crippen LogP contribution < -0.4 is 5.32 Å². The third kappa shape index (κ3) is 2.54. The Morgan fingerprint density at radius 3 is 2.81 bits per heavy atom. The van der Waals surface area contributed by atoms with Gasteiger partial charge in [0.15, 0.2) is 0 Å². The molecule has 0 aromatic carbocycles. The zero-order valence-corrected chi connectivity index (χ0v) is 9.45. The van der Waals surface area contributed by atoms with Crippen LogP contribution in [-0.4, -0.2) is 23.0 Å². The number of hydrogen-bond donors (Lipinski definition) is 2. The average molecular weight is 223 g/mol. The first-order valence-electron chi connectivity index (χ1n) is 5.47. The fraction of sp³-hybridized carbons (Fsp3) is 0.667. The van der Waals surface area contributed by atoms with Gasteiger partial charge >= 0.3 is 5.97 Å². The number of carbonyl (C=O) groups excluding carboxylic acids is 1. The number of carboxylic acid groups (broad SMARTS) is 1. The molecule has 88 valence electrons. The number of carbonyl (C=O) groups is 2. The first kappa shape index (κ1) is 12.6. The summed E-state index contributed by atoms with van der Waals surface area (Å²) in [6, 6.07) is -0.306. The van der Waals surface area contributed by atoms with E-state index in [1.165, 1.54) is 0 Å². The lowest BCUT2D eigenvalue weighted by Crippen LogP contribution is -2.52. The summed E-state index contributed by atoms with van der Waals surface area (Å²) in [5.41, 5.74) is -0.859. The Morgan fingerprint density at radius 1 is 1.56 bits per heavy atom. The summed E-state index contributed by atoms with van der Waals surface area (Å²) in [7, 11) is 0. The number of terminal acetylenes is 1. The van der Waals surface area contributed by atoms with Gasteiger partial charge in [0, 0.05) is 6.04 Å². The van der Waals surface area contributed by atoms with Crippen LogP contribution in [0.5, 0.6) is 0 Å². The normalized spacial score (nSPS) is 29.1.